The lowest BCUT2D eigenvalue weighted by atomic mass is 9.94. The van der Waals surface area contributed by atoms with Gasteiger partial charge in [0, 0.05) is 4.47 Å². The van der Waals surface area contributed by atoms with Gasteiger partial charge >= 0.3 is 0 Å². The largest absolute Gasteiger partial charge is 0.393 e. The second kappa shape index (κ2) is 4.94. The van der Waals surface area contributed by atoms with Crippen molar-refractivity contribution in [1.29, 1.82) is 0 Å². The zero-order chi connectivity index (χ0) is 10.7. The predicted molar refractivity (Wildman–Crippen MR) is 63.6 cm³/mol. The third-order valence-electron chi connectivity index (χ3n) is 2.24. The predicted octanol–water partition coefficient (Wildman–Crippen LogP) is 3.50. The molecule has 1 unspecified atom stereocenters. The maximum Gasteiger partial charge on any atom is 0.0552 e. The van der Waals surface area contributed by atoms with Gasteiger partial charge in [-0.05, 0) is 42.5 Å². The van der Waals surface area contributed by atoms with Crippen molar-refractivity contribution >= 4 is 15.9 Å². The lowest BCUT2D eigenvalue weighted by molar-refractivity contribution is 0.195. The van der Waals surface area contributed by atoms with E-state index in [1.54, 1.807) is 0 Å². The van der Waals surface area contributed by atoms with Crippen LogP contribution >= 0.6 is 15.9 Å². The van der Waals surface area contributed by atoms with E-state index in [1.807, 2.05) is 6.92 Å². The highest BCUT2D eigenvalue weighted by Crippen LogP contribution is 2.24. The summed E-state index contributed by atoms with van der Waals surface area (Å²) in [6.07, 6.45) is 0.453. The Morgan fingerprint density at radius 1 is 1.29 bits per heavy atom. The summed E-state index contributed by atoms with van der Waals surface area (Å²) in [5, 5.41) is 9.39. The van der Waals surface area contributed by atoms with Gasteiger partial charge in [-0.2, -0.15) is 0 Å². The van der Waals surface area contributed by atoms with Crippen molar-refractivity contribution in [3.8, 4) is 0 Å². The first kappa shape index (κ1) is 11.7. The average molecular weight is 257 g/mol. The molecular formula is C12H17BrO. The summed E-state index contributed by atoms with van der Waals surface area (Å²) >= 11 is 3.45. The molecule has 0 saturated carbocycles. The first-order chi connectivity index (χ1) is 6.50. The minimum absolute atomic E-state index is 0.276. The van der Waals surface area contributed by atoms with Crippen LogP contribution in [0.1, 0.15) is 37.8 Å². The van der Waals surface area contributed by atoms with Crippen LogP contribution in [0.5, 0.6) is 0 Å². The van der Waals surface area contributed by atoms with Crippen LogP contribution in [-0.2, 0) is 6.42 Å². The summed E-state index contributed by atoms with van der Waals surface area (Å²) in [6.45, 7) is 6.18. The van der Waals surface area contributed by atoms with E-state index in [9.17, 15) is 5.11 Å². The zero-order valence-corrected chi connectivity index (χ0v) is 10.5. The van der Waals surface area contributed by atoms with E-state index in [2.05, 4.69) is 48.0 Å². The van der Waals surface area contributed by atoms with E-state index in [0.29, 0.717) is 5.92 Å². The molecule has 1 atom stereocenters. The maximum atomic E-state index is 9.39. The Balaban J connectivity index is 3.03. The standard InChI is InChI=1S/C12H17BrO/c1-8(2)12-5-4-11(13)7-10(12)6-9(3)14/h4-5,7-9,14H,6H2,1-3H3. The smallest absolute Gasteiger partial charge is 0.0552 e. The molecule has 2 heteroatoms. The van der Waals surface area contributed by atoms with E-state index < -0.39 is 0 Å². The SMILES string of the molecule is CC(O)Cc1cc(Br)ccc1C(C)C. The molecule has 0 aromatic heterocycles. The topological polar surface area (TPSA) is 20.2 Å². The quantitative estimate of drug-likeness (QED) is 0.878. The highest BCUT2D eigenvalue weighted by atomic mass is 79.9. The molecule has 1 nitrogen and oxygen atoms in total. The van der Waals surface area contributed by atoms with E-state index in [0.717, 1.165) is 10.9 Å². The minimum atomic E-state index is -0.276. The van der Waals surface area contributed by atoms with Crippen molar-refractivity contribution in [3.05, 3.63) is 33.8 Å². The Hall–Kier alpha value is -0.340. The molecule has 1 rings (SSSR count). The van der Waals surface area contributed by atoms with Gasteiger partial charge in [0.05, 0.1) is 6.10 Å². The summed E-state index contributed by atoms with van der Waals surface area (Å²) in [5.41, 5.74) is 2.57. The van der Waals surface area contributed by atoms with E-state index in [4.69, 9.17) is 0 Å². The normalized spacial score (nSPS) is 13.3. The Morgan fingerprint density at radius 2 is 1.93 bits per heavy atom. The van der Waals surface area contributed by atoms with E-state index >= 15 is 0 Å². The fourth-order valence-electron chi connectivity index (χ4n) is 1.63. The fourth-order valence-corrected chi connectivity index (χ4v) is 2.04. The summed E-state index contributed by atoms with van der Waals surface area (Å²) in [4.78, 5) is 0. The third-order valence-corrected chi connectivity index (χ3v) is 2.74. The molecular weight excluding hydrogens is 240 g/mol. The zero-order valence-electron chi connectivity index (χ0n) is 8.92. The molecule has 0 spiro atoms. The van der Waals surface area contributed by atoms with Crippen LogP contribution in [0.25, 0.3) is 0 Å². The Labute approximate surface area is 94.3 Å². The van der Waals surface area contributed by atoms with Gasteiger partial charge in [-0.1, -0.05) is 35.8 Å². The minimum Gasteiger partial charge on any atom is -0.393 e. The second-order valence-corrected chi connectivity index (χ2v) is 4.97. The van der Waals surface area contributed by atoms with Gasteiger partial charge in [-0.15, -0.1) is 0 Å². The molecule has 0 aliphatic rings. The van der Waals surface area contributed by atoms with Crippen LogP contribution in [0.3, 0.4) is 0 Å². The first-order valence-corrected chi connectivity index (χ1v) is 5.76. The van der Waals surface area contributed by atoms with Gasteiger partial charge in [-0.25, -0.2) is 0 Å². The Kier molecular flexibility index (Phi) is 4.14. The molecule has 14 heavy (non-hydrogen) atoms. The number of aliphatic hydroxyl groups excluding tert-OH is 1. The average Bonchev–Trinajstić information content (AvgIpc) is 2.01. The molecule has 0 amide bonds. The van der Waals surface area contributed by atoms with Gasteiger partial charge in [0.25, 0.3) is 0 Å². The Morgan fingerprint density at radius 3 is 2.43 bits per heavy atom. The van der Waals surface area contributed by atoms with E-state index in [-0.39, 0.29) is 6.10 Å². The van der Waals surface area contributed by atoms with Crippen molar-refractivity contribution in [1.82, 2.24) is 0 Å². The van der Waals surface area contributed by atoms with Gasteiger partial charge in [0.1, 0.15) is 0 Å². The summed E-state index contributed by atoms with van der Waals surface area (Å²) in [5.74, 6) is 0.511. The van der Waals surface area contributed by atoms with Crippen molar-refractivity contribution < 1.29 is 5.11 Å². The fraction of sp³-hybridized carbons (Fsp3) is 0.500. The highest BCUT2D eigenvalue weighted by Gasteiger charge is 2.08. The number of halogens is 1. The number of hydrogen-bond donors (Lipinski definition) is 1. The van der Waals surface area contributed by atoms with Gasteiger partial charge < -0.3 is 5.11 Å². The molecule has 0 radical (unpaired) electrons. The van der Waals surface area contributed by atoms with Crippen LogP contribution < -0.4 is 0 Å². The molecule has 0 aliphatic carbocycles. The molecule has 0 saturated heterocycles. The summed E-state index contributed by atoms with van der Waals surface area (Å²) in [6, 6.07) is 6.29. The second-order valence-electron chi connectivity index (χ2n) is 4.05. The molecule has 1 aromatic carbocycles. The summed E-state index contributed by atoms with van der Waals surface area (Å²) in [7, 11) is 0. The Bertz CT molecular complexity index is 305. The van der Waals surface area contributed by atoms with Crippen LogP contribution in [-0.4, -0.2) is 11.2 Å². The molecule has 0 fully saturated rings. The van der Waals surface area contributed by atoms with Gasteiger partial charge in [0.15, 0.2) is 0 Å². The lowest BCUT2D eigenvalue weighted by Crippen LogP contribution is -2.07. The third kappa shape index (κ3) is 3.10. The molecule has 78 valence electrons. The number of aliphatic hydroxyl groups is 1. The number of hydrogen-bond acceptors (Lipinski definition) is 1. The van der Waals surface area contributed by atoms with Crippen molar-refractivity contribution in [3.63, 3.8) is 0 Å². The van der Waals surface area contributed by atoms with Gasteiger partial charge in [-0.3, -0.25) is 0 Å². The maximum absolute atomic E-state index is 9.39. The number of rotatable bonds is 3. The molecule has 1 aromatic rings. The van der Waals surface area contributed by atoms with Crippen molar-refractivity contribution in [2.45, 2.75) is 39.2 Å². The van der Waals surface area contributed by atoms with Crippen LogP contribution in [0.2, 0.25) is 0 Å². The molecule has 0 heterocycles. The monoisotopic (exact) mass is 256 g/mol. The van der Waals surface area contributed by atoms with Crippen LogP contribution in [0.15, 0.2) is 22.7 Å². The summed E-state index contributed by atoms with van der Waals surface area (Å²) < 4.78 is 1.08. The van der Waals surface area contributed by atoms with Crippen LogP contribution in [0, 0.1) is 0 Å². The number of benzene rings is 1. The van der Waals surface area contributed by atoms with Crippen molar-refractivity contribution in [2.24, 2.45) is 0 Å². The first-order valence-electron chi connectivity index (χ1n) is 4.97. The van der Waals surface area contributed by atoms with Crippen molar-refractivity contribution in [2.75, 3.05) is 0 Å². The molecule has 1 N–H and O–H groups in total. The lowest BCUT2D eigenvalue weighted by Gasteiger charge is -2.14. The van der Waals surface area contributed by atoms with E-state index in [1.165, 1.54) is 11.1 Å². The molecule has 0 bridgehead atoms. The van der Waals surface area contributed by atoms with Gasteiger partial charge in [0.2, 0.25) is 0 Å². The molecule has 0 aliphatic heterocycles. The highest BCUT2D eigenvalue weighted by molar-refractivity contribution is 9.10. The van der Waals surface area contributed by atoms with Crippen LogP contribution in [0.4, 0.5) is 0 Å².